The molecule has 2 heterocycles. The van der Waals surface area contributed by atoms with Gasteiger partial charge >= 0.3 is 6.36 Å². The fraction of sp³-hybridized carbons (Fsp3) is 0.375. The minimum Gasteiger partial charge on any atom is -0.406 e. The lowest BCUT2D eigenvalue weighted by molar-refractivity contribution is -0.274. The van der Waals surface area contributed by atoms with E-state index in [4.69, 9.17) is 0 Å². The lowest BCUT2D eigenvalue weighted by Gasteiger charge is -2.34. The smallest absolute Gasteiger partial charge is 0.406 e. The van der Waals surface area contributed by atoms with E-state index in [9.17, 15) is 18.0 Å². The van der Waals surface area contributed by atoms with Gasteiger partial charge in [0.15, 0.2) is 0 Å². The summed E-state index contributed by atoms with van der Waals surface area (Å²) >= 11 is 0. The minimum absolute atomic E-state index is 0.0172. The standard InChI is InChI=1S/C24H27F3N4O2/c25-24(26,27)33-20-7-5-18(6-8-20)16-30-11-13-31(14-12-30)17-23(32)28-10-9-19-15-29-22-4-2-1-3-21(19)22/h1-8,15,29H,9-14,16-17H2,(H,28,32). The number of nitrogens with zero attached hydrogens (tertiary/aromatic N) is 2. The number of H-pyrrole nitrogens is 1. The molecule has 6 nitrogen and oxygen atoms in total. The SMILES string of the molecule is O=C(CN1CCN(Cc2ccc(OC(F)(F)F)cc2)CC1)NCCc1c[nH]c2ccccc12. The summed E-state index contributed by atoms with van der Waals surface area (Å²) in [7, 11) is 0. The maximum Gasteiger partial charge on any atom is 0.573 e. The van der Waals surface area contributed by atoms with Gasteiger partial charge in [0.05, 0.1) is 6.54 Å². The Morgan fingerprint density at radius 3 is 2.42 bits per heavy atom. The number of fused-ring (bicyclic) bond motifs is 1. The summed E-state index contributed by atoms with van der Waals surface area (Å²) in [5.41, 5.74) is 3.22. The first-order valence-electron chi connectivity index (χ1n) is 11.0. The molecule has 0 spiro atoms. The number of amides is 1. The summed E-state index contributed by atoms with van der Waals surface area (Å²) in [4.78, 5) is 19.9. The molecule has 0 bridgehead atoms. The number of benzene rings is 2. The van der Waals surface area contributed by atoms with Crippen LogP contribution in [0.25, 0.3) is 10.9 Å². The van der Waals surface area contributed by atoms with Crippen molar-refractivity contribution in [3.63, 3.8) is 0 Å². The molecular weight excluding hydrogens is 433 g/mol. The summed E-state index contributed by atoms with van der Waals surface area (Å²) in [6.07, 6.45) is -1.91. The number of piperazine rings is 1. The lowest BCUT2D eigenvalue weighted by Crippen LogP contribution is -2.49. The van der Waals surface area contributed by atoms with Crippen molar-refractivity contribution >= 4 is 16.8 Å². The number of aromatic amines is 1. The van der Waals surface area contributed by atoms with Gasteiger partial charge in [-0.1, -0.05) is 30.3 Å². The first kappa shape index (κ1) is 23.1. The van der Waals surface area contributed by atoms with Crippen molar-refractivity contribution in [1.82, 2.24) is 20.1 Å². The molecule has 1 amide bonds. The van der Waals surface area contributed by atoms with Gasteiger partial charge in [-0.15, -0.1) is 13.2 Å². The fourth-order valence-electron chi connectivity index (χ4n) is 4.09. The number of carbonyl (C=O) groups is 1. The molecule has 2 aromatic carbocycles. The predicted octanol–water partition coefficient (Wildman–Crippen LogP) is 3.54. The Morgan fingerprint density at radius 2 is 1.70 bits per heavy atom. The van der Waals surface area contributed by atoms with Crippen LogP contribution >= 0.6 is 0 Å². The Kier molecular flexibility index (Phi) is 7.20. The Morgan fingerprint density at radius 1 is 1.00 bits per heavy atom. The van der Waals surface area contributed by atoms with Crippen molar-refractivity contribution < 1.29 is 22.7 Å². The molecule has 0 atom stereocenters. The highest BCUT2D eigenvalue weighted by Crippen LogP contribution is 2.23. The summed E-state index contributed by atoms with van der Waals surface area (Å²) in [5.74, 6) is -0.199. The molecule has 1 aliphatic heterocycles. The molecule has 1 saturated heterocycles. The van der Waals surface area contributed by atoms with Crippen molar-refractivity contribution in [3.8, 4) is 5.75 Å². The van der Waals surface area contributed by atoms with Gasteiger partial charge in [-0.25, -0.2) is 0 Å². The number of alkyl halides is 3. The molecular formula is C24H27F3N4O2. The summed E-state index contributed by atoms with van der Waals surface area (Å²) in [6, 6.07) is 14.1. The molecule has 4 rings (SSSR count). The first-order chi connectivity index (χ1) is 15.9. The van der Waals surface area contributed by atoms with Crippen molar-refractivity contribution in [1.29, 1.82) is 0 Å². The van der Waals surface area contributed by atoms with E-state index < -0.39 is 6.36 Å². The van der Waals surface area contributed by atoms with Crippen LogP contribution in [-0.2, 0) is 17.8 Å². The normalized spacial score (nSPS) is 15.6. The number of ether oxygens (including phenoxy) is 1. The molecule has 1 fully saturated rings. The number of aromatic nitrogens is 1. The van der Waals surface area contributed by atoms with Gasteiger partial charge in [-0.2, -0.15) is 0 Å². The van der Waals surface area contributed by atoms with E-state index in [-0.39, 0.29) is 11.7 Å². The molecule has 176 valence electrons. The van der Waals surface area contributed by atoms with Gasteiger partial charge in [-0.05, 0) is 35.7 Å². The zero-order chi connectivity index (χ0) is 23.3. The van der Waals surface area contributed by atoms with Crippen molar-refractivity contribution in [2.24, 2.45) is 0 Å². The van der Waals surface area contributed by atoms with Crippen LogP contribution in [0.15, 0.2) is 54.7 Å². The van der Waals surface area contributed by atoms with Crippen LogP contribution in [0.2, 0.25) is 0 Å². The second-order valence-corrected chi connectivity index (χ2v) is 8.20. The molecule has 3 aromatic rings. The van der Waals surface area contributed by atoms with E-state index in [2.05, 4.69) is 30.9 Å². The third-order valence-corrected chi connectivity index (χ3v) is 5.79. The number of nitrogens with one attached hydrogen (secondary N) is 2. The summed E-state index contributed by atoms with van der Waals surface area (Å²) in [6.45, 7) is 4.74. The Hall–Kier alpha value is -3.04. The first-order valence-corrected chi connectivity index (χ1v) is 11.0. The highest BCUT2D eigenvalue weighted by Gasteiger charge is 2.31. The number of hydrogen-bond donors (Lipinski definition) is 2. The van der Waals surface area contributed by atoms with Gasteiger partial charge in [0.1, 0.15) is 5.75 Å². The van der Waals surface area contributed by atoms with Gasteiger partial charge in [0.25, 0.3) is 0 Å². The van der Waals surface area contributed by atoms with E-state index in [0.29, 0.717) is 19.6 Å². The third-order valence-electron chi connectivity index (χ3n) is 5.79. The van der Waals surface area contributed by atoms with Crippen molar-refractivity contribution in [3.05, 3.63) is 65.9 Å². The predicted molar refractivity (Wildman–Crippen MR) is 120 cm³/mol. The second-order valence-electron chi connectivity index (χ2n) is 8.20. The average molecular weight is 461 g/mol. The van der Waals surface area contributed by atoms with Crippen LogP contribution in [-0.4, -0.2) is 66.3 Å². The molecule has 33 heavy (non-hydrogen) atoms. The molecule has 2 N–H and O–H groups in total. The van der Waals surface area contributed by atoms with Crippen LogP contribution in [0.5, 0.6) is 5.75 Å². The lowest BCUT2D eigenvalue weighted by atomic mass is 10.1. The van der Waals surface area contributed by atoms with Crippen LogP contribution in [0.4, 0.5) is 13.2 Å². The fourth-order valence-corrected chi connectivity index (χ4v) is 4.09. The highest BCUT2D eigenvalue weighted by molar-refractivity contribution is 5.83. The maximum absolute atomic E-state index is 12.3. The zero-order valence-electron chi connectivity index (χ0n) is 18.2. The van der Waals surface area contributed by atoms with E-state index in [0.717, 1.165) is 43.7 Å². The highest BCUT2D eigenvalue weighted by atomic mass is 19.4. The van der Waals surface area contributed by atoms with E-state index >= 15 is 0 Å². The number of hydrogen-bond acceptors (Lipinski definition) is 4. The number of para-hydroxylation sites is 1. The van der Waals surface area contributed by atoms with Crippen molar-refractivity contribution in [2.75, 3.05) is 39.3 Å². The Labute approximate surface area is 190 Å². The van der Waals surface area contributed by atoms with Gasteiger partial charge in [-0.3, -0.25) is 14.6 Å². The van der Waals surface area contributed by atoms with Crippen LogP contribution < -0.4 is 10.1 Å². The van der Waals surface area contributed by atoms with E-state index in [1.807, 2.05) is 24.4 Å². The molecule has 1 aromatic heterocycles. The average Bonchev–Trinajstić information content (AvgIpc) is 3.19. The van der Waals surface area contributed by atoms with E-state index in [1.165, 1.54) is 23.1 Å². The van der Waals surface area contributed by atoms with Gasteiger partial charge in [0.2, 0.25) is 5.91 Å². The number of rotatable bonds is 8. The second kappa shape index (κ2) is 10.3. The quantitative estimate of drug-likeness (QED) is 0.540. The summed E-state index contributed by atoms with van der Waals surface area (Å²) < 4.78 is 40.7. The largest absolute Gasteiger partial charge is 0.573 e. The molecule has 9 heteroatoms. The molecule has 0 unspecified atom stereocenters. The monoisotopic (exact) mass is 460 g/mol. The minimum atomic E-state index is -4.68. The topological polar surface area (TPSA) is 60.6 Å². The number of carbonyl (C=O) groups excluding carboxylic acids is 1. The van der Waals surface area contributed by atoms with E-state index in [1.54, 1.807) is 12.1 Å². The van der Waals surface area contributed by atoms with Gasteiger partial charge < -0.3 is 15.0 Å². The van der Waals surface area contributed by atoms with Crippen LogP contribution in [0, 0.1) is 0 Å². The Bertz CT molecular complexity index is 1060. The third kappa shape index (κ3) is 6.72. The molecule has 1 aliphatic rings. The van der Waals surface area contributed by atoms with Gasteiger partial charge in [0, 0.05) is 56.4 Å². The van der Waals surface area contributed by atoms with Crippen LogP contribution in [0.3, 0.4) is 0 Å². The molecule has 0 aliphatic carbocycles. The van der Waals surface area contributed by atoms with Crippen molar-refractivity contribution in [2.45, 2.75) is 19.3 Å². The summed E-state index contributed by atoms with van der Waals surface area (Å²) in [5, 5.41) is 4.19. The van der Waals surface area contributed by atoms with Crippen LogP contribution in [0.1, 0.15) is 11.1 Å². The Balaban J connectivity index is 1.15. The zero-order valence-corrected chi connectivity index (χ0v) is 18.2. The number of halogens is 3. The molecule has 0 radical (unpaired) electrons. The maximum atomic E-state index is 12.3. The molecule has 0 saturated carbocycles.